The van der Waals surface area contributed by atoms with Crippen LogP contribution in [0, 0.1) is 0 Å². The first kappa shape index (κ1) is 14.0. The fourth-order valence-electron chi connectivity index (χ4n) is 2.48. The molecule has 0 bridgehead atoms. The highest BCUT2D eigenvalue weighted by atomic mass is 79.9. The number of nitrogens with one attached hydrogen (secondary N) is 1. The van der Waals surface area contributed by atoms with Crippen LogP contribution in [-0.4, -0.2) is 11.7 Å². The van der Waals surface area contributed by atoms with E-state index in [-0.39, 0.29) is 11.7 Å². The van der Waals surface area contributed by atoms with E-state index in [0.717, 1.165) is 15.7 Å². The standard InChI is InChI=1S/C17H14BrNO2/c1-17(2)13-9-11(5-8-14(13)19-16(17)21)15(20)10-3-6-12(18)7-4-10/h3-9H,1-2H3,(H,19,21). The largest absolute Gasteiger partial charge is 0.325 e. The molecule has 0 aliphatic carbocycles. The number of hydrogen-bond acceptors (Lipinski definition) is 2. The molecule has 2 aromatic carbocycles. The van der Waals surface area contributed by atoms with Crippen LogP contribution in [0.4, 0.5) is 5.69 Å². The van der Waals surface area contributed by atoms with Gasteiger partial charge in [0.15, 0.2) is 5.78 Å². The molecule has 0 spiro atoms. The first-order valence-corrected chi connectivity index (χ1v) is 7.45. The highest BCUT2D eigenvalue weighted by Crippen LogP contribution is 2.37. The maximum atomic E-state index is 12.5. The maximum absolute atomic E-state index is 12.5. The Labute approximate surface area is 131 Å². The summed E-state index contributed by atoms with van der Waals surface area (Å²) in [5.74, 6) is -0.0776. The molecule has 3 nitrogen and oxygen atoms in total. The van der Waals surface area contributed by atoms with Gasteiger partial charge >= 0.3 is 0 Å². The van der Waals surface area contributed by atoms with Crippen LogP contribution in [-0.2, 0) is 10.2 Å². The van der Waals surface area contributed by atoms with Crippen molar-refractivity contribution >= 4 is 33.3 Å². The first-order valence-electron chi connectivity index (χ1n) is 6.66. The van der Waals surface area contributed by atoms with Gasteiger partial charge in [-0.3, -0.25) is 9.59 Å². The van der Waals surface area contributed by atoms with Crippen molar-refractivity contribution in [3.05, 3.63) is 63.6 Å². The van der Waals surface area contributed by atoms with Gasteiger partial charge in [0.25, 0.3) is 0 Å². The third-order valence-corrected chi connectivity index (χ3v) is 4.41. The molecule has 1 aliphatic heterocycles. The van der Waals surface area contributed by atoms with Crippen molar-refractivity contribution in [2.24, 2.45) is 0 Å². The van der Waals surface area contributed by atoms with Crippen LogP contribution in [0.25, 0.3) is 0 Å². The highest BCUT2D eigenvalue weighted by molar-refractivity contribution is 9.10. The molecular formula is C17H14BrNO2. The summed E-state index contributed by atoms with van der Waals surface area (Å²) in [7, 11) is 0. The second-order valence-corrected chi connectivity index (χ2v) is 6.59. The van der Waals surface area contributed by atoms with Gasteiger partial charge in [-0.1, -0.05) is 15.9 Å². The van der Waals surface area contributed by atoms with Crippen molar-refractivity contribution in [3.8, 4) is 0 Å². The zero-order chi connectivity index (χ0) is 15.2. The number of carbonyl (C=O) groups excluding carboxylic acids is 2. The van der Waals surface area contributed by atoms with Gasteiger partial charge in [0, 0.05) is 21.3 Å². The molecule has 3 rings (SSSR count). The van der Waals surface area contributed by atoms with E-state index in [2.05, 4.69) is 21.2 Å². The van der Waals surface area contributed by atoms with Crippen LogP contribution in [0.3, 0.4) is 0 Å². The Kier molecular flexibility index (Phi) is 3.21. The lowest BCUT2D eigenvalue weighted by atomic mass is 9.84. The molecule has 0 saturated carbocycles. The minimum Gasteiger partial charge on any atom is -0.325 e. The van der Waals surface area contributed by atoms with Crippen LogP contribution in [0.1, 0.15) is 35.3 Å². The molecular weight excluding hydrogens is 330 g/mol. The minimum absolute atomic E-state index is 0.0364. The number of halogens is 1. The Morgan fingerprint density at radius 2 is 1.67 bits per heavy atom. The molecule has 1 heterocycles. The van der Waals surface area contributed by atoms with E-state index in [1.54, 1.807) is 24.3 Å². The first-order chi connectivity index (χ1) is 9.89. The molecule has 1 N–H and O–H groups in total. The summed E-state index contributed by atoms with van der Waals surface area (Å²) in [6, 6.07) is 12.6. The normalized spacial score (nSPS) is 15.5. The summed E-state index contributed by atoms with van der Waals surface area (Å²) in [5, 5.41) is 2.84. The van der Waals surface area contributed by atoms with E-state index >= 15 is 0 Å². The lowest BCUT2D eigenvalue weighted by molar-refractivity contribution is -0.119. The minimum atomic E-state index is -0.606. The molecule has 0 fully saturated rings. The quantitative estimate of drug-likeness (QED) is 0.840. The van der Waals surface area contributed by atoms with Crippen molar-refractivity contribution in [2.75, 3.05) is 5.32 Å². The zero-order valence-electron chi connectivity index (χ0n) is 11.7. The van der Waals surface area contributed by atoms with Crippen LogP contribution < -0.4 is 5.32 Å². The number of carbonyl (C=O) groups is 2. The summed E-state index contributed by atoms with van der Waals surface area (Å²) >= 11 is 3.36. The van der Waals surface area contributed by atoms with Crippen molar-refractivity contribution in [2.45, 2.75) is 19.3 Å². The monoisotopic (exact) mass is 343 g/mol. The molecule has 1 aliphatic rings. The Bertz CT molecular complexity index is 748. The lowest BCUT2D eigenvalue weighted by Gasteiger charge is -2.15. The summed E-state index contributed by atoms with van der Waals surface area (Å²) < 4.78 is 0.934. The fourth-order valence-corrected chi connectivity index (χ4v) is 2.74. The highest BCUT2D eigenvalue weighted by Gasteiger charge is 2.38. The lowest BCUT2D eigenvalue weighted by Crippen LogP contribution is -2.27. The van der Waals surface area contributed by atoms with Gasteiger partial charge in [0.05, 0.1) is 5.41 Å². The molecule has 1 amide bonds. The average Bonchev–Trinajstić information content (AvgIpc) is 2.69. The number of fused-ring (bicyclic) bond motifs is 1. The van der Waals surface area contributed by atoms with Crippen molar-refractivity contribution < 1.29 is 9.59 Å². The van der Waals surface area contributed by atoms with E-state index in [1.165, 1.54) is 0 Å². The molecule has 0 radical (unpaired) electrons. The molecule has 0 aromatic heterocycles. The number of ketones is 1. The predicted molar refractivity (Wildman–Crippen MR) is 85.7 cm³/mol. The van der Waals surface area contributed by atoms with Gasteiger partial charge in [-0.2, -0.15) is 0 Å². The number of rotatable bonds is 2. The molecule has 2 aromatic rings. The number of hydrogen-bond donors (Lipinski definition) is 1. The van der Waals surface area contributed by atoms with E-state index in [0.29, 0.717) is 11.1 Å². The zero-order valence-corrected chi connectivity index (χ0v) is 13.3. The second kappa shape index (κ2) is 4.81. The molecule has 4 heteroatoms. The van der Waals surface area contributed by atoms with Gasteiger partial charge in [-0.05, 0) is 61.9 Å². The third-order valence-electron chi connectivity index (χ3n) is 3.88. The SMILES string of the molecule is CC1(C)C(=O)Nc2ccc(C(=O)c3ccc(Br)cc3)cc21. The molecule has 0 atom stereocenters. The van der Waals surface area contributed by atoms with Crippen molar-refractivity contribution in [1.82, 2.24) is 0 Å². The Balaban J connectivity index is 2.02. The summed E-state index contributed by atoms with van der Waals surface area (Å²) in [6.07, 6.45) is 0. The summed E-state index contributed by atoms with van der Waals surface area (Å²) in [4.78, 5) is 24.5. The number of anilines is 1. The predicted octanol–water partition coefficient (Wildman–Crippen LogP) is 3.91. The maximum Gasteiger partial charge on any atom is 0.234 e. The Morgan fingerprint density at radius 1 is 1.05 bits per heavy atom. The fraction of sp³-hybridized carbons (Fsp3) is 0.176. The third kappa shape index (κ3) is 2.29. The van der Waals surface area contributed by atoms with E-state index in [4.69, 9.17) is 0 Å². The molecule has 106 valence electrons. The van der Waals surface area contributed by atoms with Gasteiger partial charge in [-0.25, -0.2) is 0 Å². The van der Waals surface area contributed by atoms with Gasteiger partial charge in [0.2, 0.25) is 5.91 Å². The smallest absolute Gasteiger partial charge is 0.234 e. The van der Waals surface area contributed by atoms with E-state index < -0.39 is 5.41 Å². The second-order valence-electron chi connectivity index (χ2n) is 5.68. The van der Waals surface area contributed by atoms with Crippen LogP contribution >= 0.6 is 15.9 Å². The van der Waals surface area contributed by atoms with E-state index in [9.17, 15) is 9.59 Å². The van der Waals surface area contributed by atoms with Gasteiger partial charge < -0.3 is 5.32 Å². The van der Waals surface area contributed by atoms with E-state index in [1.807, 2.05) is 32.0 Å². The van der Waals surface area contributed by atoms with Crippen molar-refractivity contribution in [1.29, 1.82) is 0 Å². The molecule has 0 unspecified atom stereocenters. The molecule has 0 saturated heterocycles. The molecule has 21 heavy (non-hydrogen) atoms. The van der Waals surface area contributed by atoms with Gasteiger partial charge in [-0.15, -0.1) is 0 Å². The topological polar surface area (TPSA) is 46.2 Å². The number of amides is 1. The van der Waals surface area contributed by atoms with Crippen molar-refractivity contribution in [3.63, 3.8) is 0 Å². The number of benzene rings is 2. The summed E-state index contributed by atoms with van der Waals surface area (Å²) in [5.41, 5.74) is 2.28. The average molecular weight is 344 g/mol. The van der Waals surface area contributed by atoms with Gasteiger partial charge in [0.1, 0.15) is 0 Å². The Morgan fingerprint density at radius 3 is 2.33 bits per heavy atom. The van der Waals surface area contributed by atoms with Crippen LogP contribution in [0.15, 0.2) is 46.9 Å². The van der Waals surface area contributed by atoms with Crippen LogP contribution in [0.2, 0.25) is 0 Å². The summed E-state index contributed by atoms with van der Waals surface area (Å²) in [6.45, 7) is 3.73. The Hall–Kier alpha value is -1.94. The van der Waals surface area contributed by atoms with Crippen LogP contribution in [0.5, 0.6) is 0 Å².